The van der Waals surface area contributed by atoms with Crippen LogP contribution in [0.15, 0.2) is 15.1 Å². The lowest BCUT2D eigenvalue weighted by molar-refractivity contribution is -0.120. The molecule has 108 valence electrons. The van der Waals surface area contributed by atoms with Gasteiger partial charge in [-0.3, -0.25) is 4.79 Å². The molecule has 0 aliphatic rings. The summed E-state index contributed by atoms with van der Waals surface area (Å²) in [7, 11) is 1.56. The van der Waals surface area contributed by atoms with Gasteiger partial charge in [-0.05, 0) is 19.9 Å². The smallest absolute Gasteiger partial charge is 0.258 e. The van der Waals surface area contributed by atoms with E-state index in [1.807, 2.05) is 19.9 Å². The molecule has 0 aliphatic carbocycles. The second-order valence-electron chi connectivity index (χ2n) is 4.63. The van der Waals surface area contributed by atoms with Gasteiger partial charge in [0.05, 0.1) is 23.1 Å². The number of carbonyl (C=O) groups excluding carboxylic acids is 1. The maximum absolute atomic E-state index is 11.3. The number of nitrogens with one attached hydrogen (secondary N) is 1. The van der Waals surface area contributed by atoms with Crippen molar-refractivity contribution in [1.29, 1.82) is 0 Å². The number of rotatable bonds is 3. The Bertz CT molecular complexity index is 820. The molecule has 3 rings (SSSR count). The summed E-state index contributed by atoms with van der Waals surface area (Å²) < 4.78 is 10.4. The van der Waals surface area contributed by atoms with E-state index in [0.29, 0.717) is 28.7 Å². The van der Waals surface area contributed by atoms with Gasteiger partial charge in [0, 0.05) is 12.7 Å². The average molecular weight is 287 g/mol. The molecule has 0 saturated carbocycles. The van der Waals surface area contributed by atoms with Crippen LogP contribution in [0.4, 0.5) is 0 Å². The lowest BCUT2D eigenvalue weighted by Crippen LogP contribution is -2.20. The first-order valence-electron chi connectivity index (χ1n) is 6.35. The molecule has 0 aliphatic heterocycles. The highest BCUT2D eigenvalue weighted by atomic mass is 16.5. The van der Waals surface area contributed by atoms with Crippen molar-refractivity contribution >= 4 is 17.0 Å². The third-order valence-corrected chi connectivity index (χ3v) is 3.04. The van der Waals surface area contributed by atoms with Crippen LogP contribution in [-0.2, 0) is 11.2 Å². The number of likely N-dealkylation sites (N-methyl/N-ethyl adjacent to an activating group) is 1. The first-order chi connectivity index (χ1) is 10.1. The van der Waals surface area contributed by atoms with Gasteiger partial charge in [-0.15, -0.1) is 0 Å². The van der Waals surface area contributed by atoms with E-state index in [1.54, 1.807) is 7.05 Å². The zero-order valence-electron chi connectivity index (χ0n) is 11.8. The Labute approximate surface area is 119 Å². The van der Waals surface area contributed by atoms with Gasteiger partial charge in [0.15, 0.2) is 5.82 Å². The minimum atomic E-state index is -0.181. The molecular weight excluding hydrogens is 274 g/mol. The topological polar surface area (TPSA) is 107 Å². The maximum Gasteiger partial charge on any atom is 0.258 e. The fourth-order valence-corrected chi connectivity index (χ4v) is 2.05. The summed E-state index contributed by atoms with van der Waals surface area (Å²) >= 11 is 0. The van der Waals surface area contributed by atoms with Crippen molar-refractivity contribution in [2.45, 2.75) is 20.3 Å². The number of aromatic nitrogens is 4. The normalized spacial score (nSPS) is 11.0. The van der Waals surface area contributed by atoms with Gasteiger partial charge in [-0.25, -0.2) is 4.98 Å². The Balaban J connectivity index is 2.08. The van der Waals surface area contributed by atoms with E-state index in [2.05, 4.69) is 25.6 Å². The number of aryl methyl sites for hydroxylation is 2. The molecule has 0 unspecified atom stereocenters. The minimum absolute atomic E-state index is 0.0653. The SMILES string of the molecule is CNC(=O)Cc1noc(-c2cc(C)nc3onc(C)c23)n1. The Morgan fingerprint density at radius 3 is 2.81 bits per heavy atom. The number of hydrogen-bond acceptors (Lipinski definition) is 7. The van der Waals surface area contributed by atoms with E-state index in [0.717, 1.165) is 11.1 Å². The van der Waals surface area contributed by atoms with Crippen molar-refractivity contribution in [2.75, 3.05) is 7.05 Å². The Hall–Kier alpha value is -2.77. The largest absolute Gasteiger partial charge is 0.359 e. The molecule has 0 saturated heterocycles. The summed E-state index contributed by atoms with van der Waals surface area (Å²) in [5.41, 5.74) is 2.57. The van der Waals surface area contributed by atoms with Gasteiger partial charge in [0.25, 0.3) is 11.6 Å². The molecule has 3 heterocycles. The number of fused-ring (bicyclic) bond motifs is 1. The highest BCUT2D eigenvalue weighted by Gasteiger charge is 2.19. The molecule has 1 N–H and O–H groups in total. The predicted octanol–water partition coefficient (Wildman–Crippen LogP) is 1.18. The first kappa shape index (κ1) is 13.2. The zero-order valence-corrected chi connectivity index (χ0v) is 11.8. The minimum Gasteiger partial charge on any atom is -0.359 e. The van der Waals surface area contributed by atoms with Crippen molar-refractivity contribution in [3.05, 3.63) is 23.3 Å². The number of hydrogen-bond donors (Lipinski definition) is 1. The molecule has 21 heavy (non-hydrogen) atoms. The van der Waals surface area contributed by atoms with Gasteiger partial charge < -0.3 is 14.4 Å². The van der Waals surface area contributed by atoms with Crippen LogP contribution in [0.25, 0.3) is 22.6 Å². The summed E-state index contributed by atoms with van der Waals surface area (Å²) in [6.07, 6.45) is 0.0653. The highest BCUT2D eigenvalue weighted by molar-refractivity contribution is 5.91. The maximum atomic E-state index is 11.3. The van der Waals surface area contributed by atoms with Gasteiger partial charge in [0.2, 0.25) is 5.91 Å². The first-order valence-corrected chi connectivity index (χ1v) is 6.35. The lowest BCUT2D eigenvalue weighted by atomic mass is 10.1. The van der Waals surface area contributed by atoms with Gasteiger partial charge in [-0.2, -0.15) is 4.98 Å². The number of carbonyl (C=O) groups is 1. The summed E-state index contributed by atoms with van der Waals surface area (Å²) in [5, 5.41) is 11.0. The van der Waals surface area contributed by atoms with Crippen molar-refractivity contribution in [2.24, 2.45) is 0 Å². The van der Waals surface area contributed by atoms with Crippen molar-refractivity contribution < 1.29 is 13.8 Å². The molecular formula is C13H13N5O3. The molecule has 0 atom stereocenters. The summed E-state index contributed by atoms with van der Waals surface area (Å²) in [6, 6.07) is 1.82. The molecule has 0 aromatic carbocycles. The van der Waals surface area contributed by atoms with Crippen molar-refractivity contribution in [3.8, 4) is 11.5 Å². The standard InChI is InChI=1S/C13H13N5O3/c1-6-4-8(11-7(2)17-21-13(11)15-6)12-16-9(18-20-12)5-10(19)14-3/h4H,5H2,1-3H3,(H,14,19). The van der Waals surface area contributed by atoms with Crippen LogP contribution in [0.5, 0.6) is 0 Å². The summed E-state index contributed by atoms with van der Waals surface area (Å²) in [5.74, 6) is 0.455. The molecule has 8 nitrogen and oxygen atoms in total. The van der Waals surface area contributed by atoms with E-state index in [9.17, 15) is 4.79 Å². The quantitative estimate of drug-likeness (QED) is 0.770. The Morgan fingerprint density at radius 2 is 2.05 bits per heavy atom. The second kappa shape index (κ2) is 4.97. The lowest BCUT2D eigenvalue weighted by Gasteiger charge is -1.98. The number of pyridine rings is 1. The summed E-state index contributed by atoms with van der Waals surface area (Å²) in [6.45, 7) is 3.65. The van der Waals surface area contributed by atoms with E-state index >= 15 is 0 Å². The van der Waals surface area contributed by atoms with Gasteiger partial charge in [-0.1, -0.05) is 10.3 Å². The van der Waals surface area contributed by atoms with Gasteiger partial charge >= 0.3 is 0 Å². The third kappa shape index (κ3) is 2.35. The van der Waals surface area contributed by atoms with E-state index in [-0.39, 0.29) is 12.3 Å². The monoisotopic (exact) mass is 287 g/mol. The fraction of sp³-hybridized carbons (Fsp3) is 0.308. The highest BCUT2D eigenvalue weighted by Crippen LogP contribution is 2.29. The van der Waals surface area contributed by atoms with E-state index < -0.39 is 0 Å². The van der Waals surface area contributed by atoms with Crippen LogP contribution >= 0.6 is 0 Å². The van der Waals surface area contributed by atoms with Crippen molar-refractivity contribution in [1.82, 2.24) is 25.6 Å². The van der Waals surface area contributed by atoms with Crippen LogP contribution in [0.2, 0.25) is 0 Å². The number of amides is 1. The molecule has 1 amide bonds. The predicted molar refractivity (Wildman–Crippen MR) is 72.3 cm³/mol. The Kier molecular flexibility index (Phi) is 3.13. The van der Waals surface area contributed by atoms with Gasteiger partial charge in [0.1, 0.15) is 0 Å². The van der Waals surface area contributed by atoms with Crippen LogP contribution in [0.1, 0.15) is 17.2 Å². The molecule has 0 bridgehead atoms. The van der Waals surface area contributed by atoms with E-state index in [4.69, 9.17) is 9.05 Å². The second-order valence-corrected chi connectivity index (χ2v) is 4.63. The van der Waals surface area contributed by atoms with Crippen molar-refractivity contribution in [3.63, 3.8) is 0 Å². The average Bonchev–Trinajstić information content (AvgIpc) is 3.05. The zero-order chi connectivity index (χ0) is 15.0. The molecule has 0 fully saturated rings. The number of nitrogens with zero attached hydrogens (tertiary/aromatic N) is 4. The van der Waals surface area contributed by atoms with E-state index in [1.165, 1.54) is 0 Å². The molecule has 8 heteroatoms. The molecule has 3 aromatic heterocycles. The third-order valence-electron chi connectivity index (χ3n) is 3.04. The van der Waals surface area contributed by atoms with Crippen LogP contribution in [0.3, 0.4) is 0 Å². The van der Waals surface area contributed by atoms with Crippen LogP contribution in [-0.4, -0.2) is 33.2 Å². The van der Waals surface area contributed by atoms with Crippen LogP contribution < -0.4 is 5.32 Å². The molecule has 0 spiro atoms. The molecule has 0 radical (unpaired) electrons. The fourth-order valence-electron chi connectivity index (χ4n) is 2.05. The Morgan fingerprint density at radius 1 is 1.24 bits per heavy atom. The van der Waals surface area contributed by atoms with Crippen LogP contribution in [0, 0.1) is 13.8 Å². The summed E-state index contributed by atoms with van der Waals surface area (Å²) in [4.78, 5) is 19.9. The molecule has 3 aromatic rings.